The minimum Gasteiger partial charge on any atom is -0.480 e. The Balaban J connectivity index is 2.02. The van der Waals surface area contributed by atoms with E-state index in [1.54, 1.807) is 20.8 Å². The van der Waals surface area contributed by atoms with Gasteiger partial charge in [0.25, 0.3) is 0 Å². The van der Waals surface area contributed by atoms with Crippen molar-refractivity contribution in [3.63, 3.8) is 0 Å². The number of rotatable bonds is 2. The Morgan fingerprint density at radius 3 is 2.05 bits per heavy atom. The van der Waals surface area contributed by atoms with E-state index in [1.165, 1.54) is 0 Å². The van der Waals surface area contributed by atoms with Crippen LogP contribution in [0.3, 0.4) is 0 Å². The van der Waals surface area contributed by atoms with Gasteiger partial charge in [0, 0.05) is 0 Å². The molecule has 1 amide bonds. The lowest BCUT2D eigenvalue weighted by Gasteiger charge is -2.46. The lowest BCUT2D eigenvalue weighted by atomic mass is 9.63. The number of amides is 1. The number of carbonyl (C=O) groups excluding carboxylic acids is 1. The maximum Gasteiger partial charge on any atom is 0.408 e. The molecular formula is C16H28N2O4. The molecule has 0 atom stereocenters. The van der Waals surface area contributed by atoms with E-state index in [-0.39, 0.29) is 5.41 Å². The molecule has 2 fully saturated rings. The van der Waals surface area contributed by atoms with Gasteiger partial charge in [0.15, 0.2) is 0 Å². The molecule has 1 saturated carbocycles. The quantitative estimate of drug-likeness (QED) is 0.728. The van der Waals surface area contributed by atoms with Crippen LogP contribution in [0.4, 0.5) is 4.79 Å². The van der Waals surface area contributed by atoms with Crippen molar-refractivity contribution in [3.05, 3.63) is 0 Å². The Hall–Kier alpha value is -1.30. The topological polar surface area (TPSA) is 87.7 Å². The van der Waals surface area contributed by atoms with Crippen LogP contribution >= 0.6 is 0 Å². The van der Waals surface area contributed by atoms with Crippen LogP contribution in [0.15, 0.2) is 0 Å². The monoisotopic (exact) mass is 312 g/mol. The lowest BCUT2D eigenvalue weighted by Crippen LogP contribution is -2.59. The van der Waals surface area contributed by atoms with Gasteiger partial charge in [0.1, 0.15) is 11.1 Å². The fourth-order valence-electron chi connectivity index (χ4n) is 3.56. The highest BCUT2D eigenvalue weighted by Crippen LogP contribution is 2.46. The molecule has 1 heterocycles. The third-order valence-electron chi connectivity index (χ3n) is 4.98. The molecular weight excluding hydrogens is 284 g/mol. The fraction of sp³-hybridized carbons (Fsp3) is 0.875. The van der Waals surface area contributed by atoms with Crippen LogP contribution in [-0.4, -0.2) is 41.4 Å². The smallest absolute Gasteiger partial charge is 0.408 e. The van der Waals surface area contributed by atoms with Gasteiger partial charge >= 0.3 is 12.1 Å². The summed E-state index contributed by atoms with van der Waals surface area (Å²) in [5.41, 5.74) is -1.56. The third kappa shape index (κ3) is 3.91. The summed E-state index contributed by atoms with van der Waals surface area (Å²) in [5.74, 6) is -0.956. The molecule has 22 heavy (non-hydrogen) atoms. The molecule has 1 saturated heterocycles. The number of carbonyl (C=O) groups is 2. The van der Waals surface area contributed by atoms with E-state index in [0.717, 1.165) is 38.8 Å². The number of nitrogens with one attached hydrogen (secondary N) is 2. The van der Waals surface area contributed by atoms with Gasteiger partial charge in [-0.2, -0.15) is 0 Å². The first kappa shape index (κ1) is 17.1. The first-order valence-corrected chi connectivity index (χ1v) is 8.12. The molecule has 0 aromatic carbocycles. The molecule has 6 heteroatoms. The molecule has 0 unspecified atom stereocenters. The molecule has 0 bridgehead atoms. The Labute approximate surface area is 132 Å². The highest BCUT2D eigenvalue weighted by Gasteiger charge is 2.48. The van der Waals surface area contributed by atoms with Crippen molar-refractivity contribution in [3.8, 4) is 0 Å². The second kappa shape index (κ2) is 6.07. The van der Waals surface area contributed by atoms with Crippen molar-refractivity contribution in [2.75, 3.05) is 13.1 Å². The summed E-state index contributed by atoms with van der Waals surface area (Å²) in [6.07, 6.45) is 4.18. The summed E-state index contributed by atoms with van der Waals surface area (Å²) in [6, 6.07) is 0. The van der Waals surface area contributed by atoms with E-state index in [4.69, 9.17) is 4.74 Å². The molecule has 126 valence electrons. The number of carboxylic acid groups (broad SMARTS) is 1. The Morgan fingerprint density at radius 1 is 1.05 bits per heavy atom. The van der Waals surface area contributed by atoms with E-state index >= 15 is 0 Å². The predicted molar refractivity (Wildman–Crippen MR) is 82.7 cm³/mol. The molecule has 0 aromatic rings. The van der Waals surface area contributed by atoms with Gasteiger partial charge in [0.05, 0.1) is 0 Å². The van der Waals surface area contributed by atoms with Crippen molar-refractivity contribution in [2.45, 2.75) is 70.4 Å². The maximum atomic E-state index is 12.0. The third-order valence-corrected chi connectivity index (χ3v) is 4.98. The molecule has 2 rings (SSSR count). The normalized spacial score (nSPS) is 23.8. The van der Waals surface area contributed by atoms with Crippen LogP contribution in [0, 0.1) is 5.41 Å². The minimum atomic E-state index is -1.18. The number of carboxylic acids is 1. The molecule has 1 aliphatic carbocycles. The number of hydrogen-bond donors (Lipinski definition) is 3. The average Bonchev–Trinajstić information content (AvgIpc) is 2.40. The van der Waals surface area contributed by atoms with Gasteiger partial charge in [-0.3, -0.25) is 0 Å². The zero-order valence-corrected chi connectivity index (χ0v) is 13.8. The van der Waals surface area contributed by atoms with Crippen LogP contribution in [0.5, 0.6) is 0 Å². The van der Waals surface area contributed by atoms with Crippen molar-refractivity contribution in [2.24, 2.45) is 5.41 Å². The Kier molecular flexibility index (Phi) is 4.70. The summed E-state index contributed by atoms with van der Waals surface area (Å²) >= 11 is 0. The van der Waals surface area contributed by atoms with E-state index < -0.39 is 23.2 Å². The molecule has 0 aromatic heterocycles. The maximum absolute atomic E-state index is 12.0. The second-order valence-electron chi connectivity index (χ2n) is 7.76. The van der Waals surface area contributed by atoms with Crippen LogP contribution in [0.25, 0.3) is 0 Å². The molecule has 1 aliphatic heterocycles. The van der Waals surface area contributed by atoms with Crippen LogP contribution in [-0.2, 0) is 9.53 Å². The lowest BCUT2D eigenvalue weighted by molar-refractivity contribution is -0.147. The molecule has 3 N–H and O–H groups in total. The highest BCUT2D eigenvalue weighted by atomic mass is 16.6. The summed E-state index contributed by atoms with van der Waals surface area (Å²) in [6.45, 7) is 7.31. The first-order valence-electron chi connectivity index (χ1n) is 8.12. The minimum absolute atomic E-state index is 0.250. The van der Waals surface area contributed by atoms with Gasteiger partial charge in [0.2, 0.25) is 0 Å². The molecule has 1 spiro atoms. The van der Waals surface area contributed by atoms with E-state index in [2.05, 4.69) is 10.6 Å². The fourth-order valence-corrected chi connectivity index (χ4v) is 3.56. The average molecular weight is 312 g/mol. The first-order chi connectivity index (χ1) is 10.2. The number of alkyl carbamates (subject to hydrolysis) is 1. The summed E-state index contributed by atoms with van der Waals surface area (Å²) < 4.78 is 5.23. The van der Waals surface area contributed by atoms with E-state index in [1.807, 2.05) is 0 Å². The van der Waals surface area contributed by atoms with Gasteiger partial charge < -0.3 is 20.5 Å². The van der Waals surface area contributed by atoms with Gasteiger partial charge in [-0.1, -0.05) is 0 Å². The number of piperidine rings is 1. The number of hydrogen-bond acceptors (Lipinski definition) is 4. The SMILES string of the molecule is CC(C)(C)OC(=O)NC1(C(=O)O)CCC2(CCNCC2)CC1. The van der Waals surface area contributed by atoms with Crippen molar-refractivity contribution >= 4 is 12.1 Å². The number of aliphatic carboxylic acids is 1. The van der Waals surface area contributed by atoms with Crippen LogP contribution < -0.4 is 10.6 Å². The summed E-state index contributed by atoms with van der Waals surface area (Å²) in [5, 5.41) is 15.6. The highest BCUT2D eigenvalue weighted by molar-refractivity contribution is 5.84. The van der Waals surface area contributed by atoms with Crippen molar-refractivity contribution in [1.29, 1.82) is 0 Å². The molecule has 6 nitrogen and oxygen atoms in total. The van der Waals surface area contributed by atoms with Gasteiger partial charge in [-0.25, -0.2) is 9.59 Å². The van der Waals surface area contributed by atoms with Gasteiger partial charge in [-0.15, -0.1) is 0 Å². The van der Waals surface area contributed by atoms with Crippen molar-refractivity contribution < 1.29 is 19.4 Å². The van der Waals surface area contributed by atoms with Gasteiger partial charge in [-0.05, 0) is 77.8 Å². The second-order valence-corrected chi connectivity index (χ2v) is 7.76. The van der Waals surface area contributed by atoms with Crippen LogP contribution in [0.2, 0.25) is 0 Å². The zero-order chi connectivity index (χ0) is 16.4. The van der Waals surface area contributed by atoms with Crippen LogP contribution in [0.1, 0.15) is 59.3 Å². The molecule has 2 aliphatic rings. The van der Waals surface area contributed by atoms with E-state index in [0.29, 0.717) is 12.8 Å². The van der Waals surface area contributed by atoms with E-state index in [9.17, 15) is 14.7 Å². The summed E-state index contributed by atoms with van der Waals surface area (Å²) in [4.78, 5) is 23.8. The van der Waals surface area contributed by atoms with Crippen molar-refractivity contribution in [1.82, 2.24) is 10.6 Å². The predicted octanol–water partition coefficient (Wildman–Crippen LogP) is 2.28. The Bertz CT molecular complexity index is 426. The Morgan fingerprint density at radius 2 is 1.59 bits per heavy atom. The largest absolute Gasteiger partial charge is 0.480 e. The number of ether oxygens (including phenoxy) is 1. The standard InChI is InChI=1S/C16H28N2O4/c1-14(2,3)22-13(21)18-16(12(19)20)6-4-15(5-7-16)8-10-17-11-9-15/h17H,4-11H2,1-3H3,(H,18,21)(H,19,20). The zero-order valence-electron chi connectivity index (χ0n) is 13.8. The molecule has 0 radical (unpaired) electrons. The summed E-state index contributed by atoms with van der Waals surface area (Å²) in [7, 11) is 0.